The number of carbonyl (C=O) groups is 2. The smallest absolute Gasteiger partial charge is 0.318 e. The number of fused-ring (bicyclic) bond motifs is 1. The van der Waals surface area contributed by atoms with Crippen molar-refractivity contribution in [2.75, 3.05) is 26.3 Å². The molecule has 1 saturated heterocycles. The SMILES string of the molecule is NC(=O)NC(=O)CCN1CCC[C@@H]1c1cccc2c1OCCO2. The number of carbonyl (C=O) groups excluding carboxylic acids is 2. The highest BCUT2D eigenvalue weighted by Crippen LogP contribution is 2.42. The molecule has 2 aliphatic rings. The van der Waals surface area contributed by atoms with Gasteiger partial charge in [-0.1, -0.05) is 12.1 Å². The van der Waals surface area contributed by atoms with E-state index in [9.17, 15) is 9.59 Å². The number of hydrogen-bond donors (Lipinski definition) is 2. The van der Waals surface area contributed by atoms with Gasteiger partial charge in [0.05, 0.1) is 0 Å². The molecule has 1 atom stereocenters. The number of nitrogens with two attached hydrogens (primary N) is 1. The molecule has 2 heterocycles. The van der Waals surface area contributed by atoms with Crippen LogP contribution in [-0.4, -0.2) is 43.1 Å². The maximum atomic E-state index is 11.6. The number of para-hydroxylation sites is 1. The lowest BCUT2D eigenvalue weighted by molar-refractivity contribution is -0.120. The van der Waals surface area contributed by atoms with Crippen LogP contribution in [0, 0.1) is 0 Å². The van der Waals surface area contributed by atoms with Crippen molar-refractivity contribution < 1.29 is 19.1 Å². The summed E-state index contributed by atoms with van der Waals surface area (Å²) in [6.07, 6.45) is 2.32. The minimum absolute atomic E-state index is 0.202. The van der Waals surface area contributed by atoms with Crippen LogP contribution in [0.1, 0.15) is 30.9 Å². The van der Waals surface area contributed by atoms with Crippen LogP contribution in [0.5, 0.6) is 11.5 Å². The molecule has 0 aliphatic carbocycles. The summed E-state index contributed by atoms with van der Waals surface area (Å²) < 4.78 is 11.4. The minimum atomic E-state index is -0.810. The fraction of sp³-hybridized carbons (Fsp3) is 0.500. The van der Waals surface area contributed by atoms with Gasteiger partial charge in [0.2, 0.25) is 5.91 Å². The van der Waals surface area contributed by atoms with Gasteiger partial charge in [-0.25, -0.2) is 4.79 Å². The molecular formula is C16H21N3O4. The Kier molecular flexibility index (Phi) is 4.66. The highest BCUT2D eigenvalue weighted by molar-refractivity contribution is 5.93. The standard InChI is InChI=1S/C16H21N3O4/c17-16(21)18-14(20)6-8-19-7-2-4-12(19)11-3-1-5-13-15(11)23-10-9-22-13/h1,3,5,12H,2,4,6-10H2,(H3,17,18,20,21)/t12-/m1/s1. The monoisotopic (exact) mass is 319 g/mol. The van der Waals surface area contributed by atoms with Crippen molar-refractivity contribution in [2.24, 2.45) is 5.73 Å². The van der Waals surface area contributed by atoms with E-state index in [1.54, 1.807) is 0 Å². The van der Waals surface area contributed by atoms with Crippen molar-refractivity contribution >= 4 is 11.9 Å². The third-order valence-electron chi connectivity index (χ3n) is 4.21. The summed E-state index contributed by atoms with van der Waals surface area (Å²) in [4.78, 5) is 24.5. The summed E-state index contributed by atoms with van der Waals surface area (Å²) in [6, 6.07) is 5.33. The van der Waals surface area contributed by atoms with Crippen LogP contribution in [0.3, 0.4) is 0 Å². The first kappa shape index (κ1) is 15.6. The molecule has 1 fully saturated rings. The van der Waals surface area contributed by atoms with Gasteiger partial charge in [0.1, 0.15) is 13.2 Å². The summed E-state index contributed by atoms with van der Waals surface area (Å²) in [6.45, 7) is 2.61. The van der Waals surface area contributed by atoms with Crippen molar-refractivity contribution in [3.05, 3.63) is 23.8 Å². The zero-order valence-corrected chi connectivity index (χ0v) is 12.9. The van der Waals surface area contributed by atoms with E-state index < -0.39 is 6.03 Å². The largest absolute Gasteiger partial charge is 0.486 e. The minimum Gasteiger partial charge on any atom is -0.486 e. The number of likely N-dealkylation sites (tertiary alicyclic amines) is 1. The molecule has 1 aromatic rings. The first-order valence-electron chi connectivity index (χ1n) is 7.87. The number of nitrogens with zero attached hydrogens (tertiary/aromatic N) is 1. The van der Waals surface area contributed by atoms with Crippen molar-refractivity contribution in [2.45, 2.75) is 25.3 Å². The molecule has 0 saturated carbocycles. The van der Waals surface area contributed by atoms with Gasteiger partial charge < -0.3 is 15.2 Å². The molecule has 7 nitrogen and oxygen atoms in total. The average Bonchev–Trinajstić information content (AvgIpc) is 3.00. The Balaban J connectivity index is 1.70. The third kappa shape index (κ3) is 3.56. The number of ether oxygens (including phenoxy) is 2. The Hall–Kier alpha value is -2.28. The highest BCUT2D eigenvalue weighted by Gasteiger charge is 2.30. The van der Waals surface area contributed by atoms with Crippen LogP contribution in [0.2, 0.25) is 0 Å². The van der Waals surface area contributed by atoms with Gasteiger partial charge in [0.15, 0.2) is 11.5 Å². The van der Waals surface area contributed by atoms with Crippen LogP contribution in [0.4, 0.5) is 4.79 Å². The van der Waals surface area contributed by atoms with Gasteiger partial charge in [-0.15, -0.1) is 0 Å². The number of benzene rings is 1. The lowest BCUT2D eigenvalue weighted by atomic mass is 10.0. The normalized spacial score (nSPS) is 20.3. The van der Waals surface area contributed by atoms with E-state index >= 15 is 0 Å². The molecular weight excluding hydrogens is 298 g/mol. The zero-order chi connectivity index (χ0) is 16.2. The van der Waals surface area contributed by atoms with Crippen LogP contribution in [-0.2, 0) is 4.79 Å². The molecule has 7 heteroatoms. The van der Waals surface area contributed by atoms with Gasteiger partial charge in [0, 0.05) is 24.6 Å². The van der Waals surface area contributed by atoms with E-state index in [4.69, 9.17) is 15.2 Å². The predicted octanol–water partition coefficient (Wildman–Crippen LogP) is 1.18. The predicted molar refractivity (Wildman–Crippen MR) is 83.3 cm³/mol. The van der Waals surface area contributed by atoms with Gasteiger partial charge in [0.25, 0.3) is 0 Å². The highest BCUT2D eigenvalue weighted by atomic mass is 16.6. The summed E-state index contributed by atoms with van der Waals surface area (Å²) in [5, 5.41) is 2.10. The quantitative estimate of drug-likeness (QED) is 0.869. The van der Waals surface area contributed by atoms with E-state index in [-0.39, 0.29) is 18.4 Å². The second-order valence-electron chi connectivity index (χ2n) is 5.73. The zero-order valence-electron chi connectivity index (χ0n) is 12.9. The number of primary amides is 1. The molecule has 23 heavy (non-hydrogen) atoms. The van der Waals surface area contributed by atoms with Crippen molar-refractivity contribution in [1.29, 1.82) is 0 Å². The Morgan fingerprint density at radius 2 is 2.13 bits per heavy atom. The molecule has 0 unspecified atom stereocenters. The van der Waals surface area contributed by atoms with Crippen molar-refractivity contribution in [3.8, 4) is 11.5 Å². The van der Waals surface area contributed by atoms with Crippen molar-refractivity contribution in [3.63, 3.8) is 0 Å². The molecule has 0 bridgehead atoms. The molecule has 0 aromatic heterocycles. The van der Waals surface area contributed by atoms with E-state index in [1.807, 2.05) is 12.1 Å². The Labute approximate surface area is 134 Å². The number of amides is 3. The van der Waals surface area contributed by atoms with Crippen LogP contribution >= 0.6 is 0 Å². The Bertz CT molecular complexity index is 605. The lowest BCUT2D eigenvalue weighted by Gasteiger charge is -2.28. The molecule has 124 valence electrons. The second-order valence-corrected chi connectivity index (χ2v) is 5.73. The first-order valence-corrected chi connectivity index (χ1v) is 7.87. The Morgan fingerprint density at radius 3 is 2.96 bits per heavy atom. The van der Waals surface area contributed by atoms with E-state index in [0.717, 1.165) is 36.4 Å². The van der Waals surface area contributed by atoms with Gasteiger partial charge in [-0.3, -0.25) is 15.0 Å². The summed E-state index contributed by atoms with van der Waals surface area (Å²) >= 11 is 0. The molecule has 0 spiro atoms. The third-order valence-corrected chi connectivity index (χ3v) is 4.21. The topological polar surface area (TPSA) is 93.9 Å². The maximum Gasteiger partial charge on any atom is 0.318 e. The first-order chi connectivity index (χ1) is 11.1. The molecule has 3 rings (SSSR count). The molecule has 1 aromatic carbocycles. The van der Waals surface area contributed by atoms with Crippen LogP contribution < -0.4 is 20.5 Å². The molecule has 0 radical (unpaired) electrons. The summed E-state index contributed by atoms with van der Waals surface area (Å²) in [7, 11) is 0. The molecule has 2 aliphatic heterocycles. The van der Waals surface area contributed by atoms with E-state index in [1.165, 1.54) is 0 Å². The molecule has 3 N–H and O–H groups in total. The number of urea groups is 1. The van der Waals surface area contributed by atoms with Gasteiger partial charge in [-0.05, 0) is 25.5 Å². The summed E-state index contributed by atoms with van der Waals surface area (Å²) in [5.41, 5.74) is 6.06. The number of imide groups is 1. The van der Waals surface area contributed by atoms with Crippen LogP contribution in [0.15, 0.2) is 18.2 Å². The number of rotatable bonds is 4. The fourth-order valence-electron chi connectivity index (χ4n) is 3.25. The second kappa shape index (κ2) is 6.87. The maximum absolute atomic E-state index is 11.6. The van der Waals surface area contributed by atoms with E-state index in [0.29, 0.717) is 19.8 Å². The molecule has 3 amide bonds. The summed E-state index contributed by atoms with van der Waals surface area (Å²) in [5.74, 6) is 1.25. The number of hydrogen-bond acceptors (Lipinski definition) is 5. The van der Waals surface area contributed by atoms with Gasteiger partial charge >= 0.3 is 6.03 Å². The van der Waals surface area contributed by atoms with Crippen molar-refractivity contribution in [1.82, 2.24) is 10.2 Å². The van der Waals surface area contributed by atoms with E-state index in [2.05, 4.69) is 16.3 Å². The van der Waals surface area contributed by atoms with Gasteiger partial charge in [-0.2, -0.15) is 0 Å². The van der Waals surface area contributed by atoms with Crippen LogP contribution in [0.25, 0.3) is 0 Å². The average molecular weight is 319 g/mol. The lowest BCUT2D eigenvalue weighted by Crippen LogP contribution is -2.37. The Morgan fingerprint density at radius 1 is 1.30 bits per heavy atom. The number of nitrogens with one attached hydrogen (secondary N) is 1. The fourth-order valence-corrected chi connectivity index (χ4v) is 3.25.